The third-order valence-electron chi connectivity index (χ3n) is 7.50. The van der Waals surface area contributed by atoms with E-state index in [0.29, 0.717) is 5.69 Å². The van der Waals surface area contributed by atoms with Gasteiger partial charge < -0.3 is 5.32 Å². The summed E-state index contributed by atoms with van der Waals surface area (Å²) in [6.45, 7) is 4.00. The molecular formula is C40H33N2OP. The van der Waals surface area contributed by atoms with Crippen molar-refractivity contribution < 1.29 is 4.79 Å². The predicted molar refractivity (Wildman–Crippen MR) is 189 cm³/mol. The van der Waals surface area contributed by atoms with Gasteiger partial charge in [-0.2, -0.15) is 0 Å². The molecule has 44 heavy (non-hydrogen) atoms. The number of nitrogens with one attached hydrogen (secondary N) is 1. The number of fused-ring (bicyclic) bond motifs is 2. The van der Waals surface area contributed by atoms with Crippen LogP contribution in [0.5, 0.6) is 0 Å². The van der Waals surface area contributed by atoms with Gasteiger partial charge in [0.1, 0.15) is 5.69 Å². The van der Waals surface area contributed by atoms with Crippen molar-refractivity contribution in [2.45, 2.75) is 13.8 Å². The number of nitrogens with zero attached hydrogens (tertiary/aromatic N) is 1. The van der Waals surface area contributed by atoms with Gasteiger partial charge in [0.2, 0.25) is 0 Å². The van der Waals surface area contributed by atoms with Gasteiger partial charge in [-0.05, 0) is 63.6 Å². The van der Waals surface area contributed by atoms with E-state index in [1.807, 2.05) is 32.0 Å². The van der Waals surface area contributed by atoms with Crippen LogP contribution in [0, 0.1) is 0 Å². The van der Waals surface area contributed by atoms with Crippen molar-refractivity contribution in [2.75, 3.05) is 5.32 Å². The number of pyridine rings is 1. The summed E-state index contributed by atoms with van der Waals surface area (Å²) >= 11 is 0. The first-order valence-electron chi connectivity index (χ1n) is 14.9. The van der Waals surface area contributed by atoms with Crippen LogP contribution in [0.25, 0.3) is 32.7 Å². The maximum absolute atomic E-state index is 13.5. The quantitative estimate of drug-likeness (QED) is 0.197. The van der Waals surface area contributed by atoms with Crippen LogP contribution in [0.2, 0.25) is 0 Å². The van der Waals surface area contributed by atoms with Gasteiger partial charge in [-0.3, -0.25) is 9.78 Å². The number of amides is 1. The summed E-state index contributed by atoms with van der Waals surface area (Å²) in [5.74, 6) is -0.234. The number of benzene rings is 6. The van der Waals surface area contributed by atoms with Crippen LogP contribution in [0.15, 0.2) is 158 Å². The first kappa shape index (κ1) is 29.0. The fraction of sp³-hybridized carbons (Fsp3) is 0.0500. The van der Waals surface area contributed by atoms with E-state index in [9.17, 15) is 4.79 Å². The van der Waals surface area contributed by atoms with Crippen molar-refractivity contribution >= 4 is 57.0 Å². The number of hydrogen-bond acceptors (Lipinski definition) is 2. The Balaban J connectivity index is 0.00000168. The van der Waals surface area contributed by atoms with Crippen molar-refractivity contribution in [3.8, 4) is 11.1 Å². The molecule has 0 atom stereocenters. The summed E-state index contributed by atoms with van der Waals surface area (Å²) in [5.41, 5.74) is 3.30. The van der Waals surface area contributed by atoms with Crippen molar-refractivity contribution in [1.82, 2.24) is 4.98 Å². The number of carbonyl (C=O) groups is 1. The molecule has 0 aliphatic carbocycles. The number of hydrogen-bond donors (Lipinski definition) is 1. The Morgan fingerprint density at radius 1 is 0.545 bits per heavy atom. The molecule has 0 spiro atoms. The smallest absolute Gasteiger partial charge is 0.274 e. The Morgan fingerprint density at radius 2 is 1.07 bits per heavy atom. The second kappa shape index (κ2) is 13.5. The molecule has 0 bridgehead atoms. The zero-order chi connectivity index (χ0) is 30.3. The van der Waals surface area contributed by atoms with Crippen LogP contribution in [0.1, 0.15) is 24.3 Å². The van der Waals surface area contributed by atoms with Gasteiger partial charge in [0.15, 0.2) is 0 Å². The molecule has 4 heteroatoms. The Labute approximate surface area is 260 Å². The van der Waals surface area contributed by atoms with Crippen LogP contribution in [0.3, 0.4) is 0 Å². The molecule has 6 aromatic carbocycles. The van der Waals surface area contributed by atoms with E-state index in [2.05, 4.69) is 138 Å². The van der Waals surface area contributed by atoms with E-state index in [1.54, 1.807) is 12.3 Å². The second-order valence-corrected chi connectivity index (χ2v) is 12.3. The predicted octanol–water partition coefficient (Wildman–Crippen LogP) is 9.09. The number of aromatic nitrogens is 1. The average Bonchev–Trinajstić information content (AvgIpc) is 3.10. The second-order valence-electron chi connectivity index (χ2n) is 10.1. The normalized spacial score (nSPS) is 10.8. The highest BCUT2D eigenvalue weighted by molar-refractivity contribution is 7.80. The molecule has 3 nitrogen and oxygen atoms in total. The minimum Gasteiger partial charge on any atom is -0.320 e. The fourth-order valence-electron chi connectivity index (χ4n) is 5.62. The van der Waals surface area contributed by atoms with Gasteiger partial charge in [-0.15, -0.1) is 0 Å². The lowest BCUT2D eigenvalue weighted by molar-refractivity contribution is 0.102. The van der Waals surface area contributed by atoms with Crippen molar-refractivity contribution in [1.29, 1.82) is 0 Å². The van der Waals surface area contributed by atoms with Crippen LogP contribution in [0.4, 0.5) is 5.69 Å². The molecule has 0 aliphatic rings. The van der Waals surface area contributed by atoms with Gasteiger partial charge in [0.25, 0.3) is 5.91 Å². The molecule has 7 aromatic rings. The lowest BCUT2D eigenvalue weighted by Crippen LogP contribution is -2.23. The highest BCUT2D eigenvalue weighted by Crippen LogP contribution is 2.44. The SMILES string of the molecule is CC.O=C(Nc1ccc2ccccc2c1-c1c(P(c2ccccc2)c2ccccc2)ccc2ccccc12)c1ccccn1. The number of carbonyl (C=O) groups excluding carboxylic acids is 1. The lowest BCUT2D eigenvalue weighted by atomic mass is 9.92. The minimum atomic E-state index is -0.921. The minimum absolute atomic E-state index is 0.234. The van der Waals surface area contributed by atoms with Gasteiger partial charge >= 0.3 is 0 Å². The molecule has 0 unspecified atom stereocenters. The summed E-state index contributed by atoms with van der Waals surface area (Å²) in [4.78, 5) is 17.8. The third kappa shape index (κ3) is 5.75. The summed E-state index contributed by atoms with van der Waals surface area (Å²) in [7, 11) is -0.921. The maximum atomic E-state index is 13.5. The van der Waals surface area contributed by atoms with Gasteiger partial charge in [0.05, 0.1) is 0 Å². The highest BCUT2D eigenvalue weighted by Gasteiger charge is 2.25. The molecule has 1 aromatic heterocycles. The molecule has 0 radical (unpaired) electrons. The van der Waals surface area contributed by atoms with E-state index in [4.69, 9.17) is 0 Å². The van der Waals surface area contributed by atoms with Crippen molar-refractivity contribution in [2.24, 2.45) is 0 Å². The van der Waals surface area contributed by atoms with Crippen LogP contribution >= 0.6 is 7.92 Å². The molecule has 0 saturated carbocycles. The van der Waals surface area contributed by atoms with Crippen LogP contribution in [-0.2, 0) is 0 Å². The summed E-state index contributed by atoms with van der Waals surface area (Å²) < 4.78 is 0. The molecule has 1 amide bonds. The maximum Gasteiger partial charge on any atom is 0.274 e. The molecule has 0 saturated heterocycles. The van der Waals surface area contributed by atoms with Crippen LogP contribution in [-0.4, -0.2) is 10.9 Å². The molecular weight excluding hydrogens is 555 g/mol. The number of rotatable bonds is 6. The molecule has 214 valence electrons. The Hall–Kier alpha value is -5.11. The standard InChI is InChI=1S/C38H27N2OP.C2H6/c41-38(34-21-11-12-26-39-34)40-33-24-22-27-13-7-9-19-31(27)36(33)37-32-20-10-8-14-28(32)23-25-35(37)42(29-15-3-1-4-16-29)30-17-5-2-6-18-30;1-2/h1-26H,(H,40,41);1-2H3. The Kier molecular flexibility index (Phi) is 8.87. The van der Waals surface area contributed by atoms with Gasteiger partial charge in [-0.1, -0.05) is 147 Å². The fourth-order valence-corrected chi connectivity index (χ4v) is 8.09. The average molecular weight is 589 g/mol. The van der Waals surface area contributed by atoms with E-state index in [-0.39, 0.29) is 5.91 Å². The van der Waals surface area contributed by atoms with Crippen molar-refractivity contribution in [3.63, 3.8) is 0 Å². The highest BCUT2D eigenvalue weighted by atomic mass is 31.1. The zero-order valence-electron chi connectivity index (χ0n) is 24.8. The van der Waals surface area contributed by atoms with Gasteiger partial charge in [-0.25, -0.2) is 0 Å². The van der Waals surface area contributed by atoms with Crippen molar-refractivity contribution in [3.05, 3.63) is 164 Å². The molecule has 1 heterocycles. The Bertz CT molecular complexity index is 1990. The summed E-state index contributed by atoms with van der Waals surface area (Å²) in [6, 6.07) is 52.5. The third-order valence-corrected chi connectivity index (χ3v) is 9.99. The summed E-state index contributed by atoms with van der Waals surface area (Å²) in [5, 5.41) is 11.5. The van der Waals surface area contributed by atoms with E-state index in [1.165, 1.54) is 15.9 Å². The largest absolute Gasteiger partial charge is 0.320 e. The van der Waals surface area contributed by atoms with Gasteiger partial charge in [0, 0.05) is 23.0 Å². The first-order valence-corrected chi connectivity index (χ1v) is 16.3. The lowest BCUT2D eigenvalue weighted by Gasteiger charge is -2.26. The Morgan fingerprint density at radius 3 is 1.66 bits per heavy atom. The molecule has 0 aliphatic heterocycles. The first-order chi connectivity index (χ1) is 21.8. The topological polar surface area (TPSA) is 42.0 Å². The van der Waals surface area contributed by atoms with E-state index >= 15 is 0 Å². The summed E-state index contributed by atoms with van der Waals surface area (Å²) in [6.07, 6.45) is 1.64. The zero-order valence-corrected chi connectivity index (χ0v) is 25.7. The number of anilines is 1. The monoisotopic (exact) mass is 588 g/mol. The molecule has 0 fully saturated rings. The van der Waals surface area contributed by atoms with E-state index in [0.717, 1.165) is 38.4 Å². The molecule has 1 N–H and O–H groups in total. The van der Waals surface area contributed by atoms with Crippen LogP contribution < -0.4 is 21.2 Å². The molecule has 7 rings (SSSR count). The van der Waals surface area contributed by atoms with E-state index < -0.39 is 7.92 Å².